The van der Waals surface area contributed by atoms with Crippen molar-refractivity contribution in [1.29, 1.82) is 0 Å². The lowest BCUT2D eigenvalue weighted by Crippen LogP contribution is -2.08. The standard InChI is InChI=1S/C16H15BrFNO2/c1-9-5-10(2)15(19)7-12(9)16(20)21-8-11-3-4-14(18)13(17)6-11/h3-7H,8,19H2,1-2H3. The number of rotatable bonds is 3. The first-order valence-electron chi connectivity index (χ1n) is 6.36. The van der Waals surface area contributed by atoms with Crippen molar-refractivity contribution in [1.82, 2.24) is 0 Å². The van der Waals surface area contributed by atoms with E-state index in [0.29, 0.717) is 21.3 Å². The van der Waals surface area contributed by atoms with Crippen LogP contribution in [0.5, 0.6) is 0 Å². The second-order valence-electron chi connectivity index (χ2n) is 4.85. The first-order chi connectivity index (χ1) is 9.88. The monoisotopic (exact) mass is 351 g/mol. The van der Waals surface area contributed by atoms with E-state index < -0.39 is 5.97 Å². The molecule has 2 aromatic rings. The van der Waals surface area contributed by atoms with Crippen LogP contribution in [0.3, 0.4) is 0 Å². The Morgan fingerprint density at radius 2 is 1.95 bits per heavy atom. The molecule has 21 heavy (non-hydrogen) atoms. The third-order valence-corrected chi connectivity index (χ3v) is 3.79. The predicted octanol–water partition coefficient (Wildman–Crippen LogP) is 4.14. The average molecular weight is 352 g/mol. The van der Waals surface area contributed by atoms with Crippen molar-refractivity contribution in [3.05, 3.63) is 62.9 Å². The molecule has 0 bridgehead atoms. The Balaban J connectivity index is 2.11. The fourth-order valence-electron chi connectivity index (χ4n) is 1.94. The van der Waals surface area contributed by atoms with Gasteiger partial charge in [0.05, 0.1) is 10.0 Å². The van der Waals surface area contributed by atoms with Crippen molar-refractivity contribution >= 4 is 27.6 Å². The minimum atomic E-state index is -0.445. The summed E-state index contributed by atoms with van der Waals surface area (Å²) in [5, 5.41) is 0. The molecule has 3 nitrogen and oxygen atoms in total. The van der Waals surface area contributed by atoms with Gasteiger partial charge in [-0.15, -0.1) is 0 Å². The second-order valence-corrected chi connectivity index (χ2v) is 5.70. The molecule has 0 unspecified atom stereocenters. The summed E-state index contributed by atoms with van der Waals surface area (Å²) in [6, 6.07) is 7.94. The molecule has 0 atom stereocenters. The van der Waals surface area contributed by atoms with Gasteiger partial charge in [-0.25, -0.2) is 9.18 Å². The SMILES string of the molecule is Cc1cc(C)c(C(=O)OCc2ccc(F)c(Br)c2)cc1N. The molecule has 2 aromatic carbocycles. The Bertz CT molecular complexity index is 701. The summed E-state index contributed by atoms with van der Waals surface area (Å²) < 4.78 is 18.7. The Morgan fingerprint density at radius 3 is 2.62 bits per heavy atom. The van der Waals surface area contributed by atoms with E-state index in [9.17, 15) is 9.18 Å². The van der Waals surface area contributed by atoms with E-state index in [1.165, 1.54) is 6.07 Å². The average Bonchev–Trinajstić information content (AvgIpc) is 2.44. The number of anilines is 1. The topological polar surface area (TPSA) is 52.3 Å². The summed E-state index contributed by atoms with van der Waals surface area (Å²) >= 11 is 3.10. The lowest BCUT2D eigenvalue weighted by molar-refractivity contribution is 0.0472. The largest absolute Gasteiger partial charge is 0.457 e. The molecule has 110 valence electrons. The summed E-state index contributed by atoms with van der Waals surface area (Å²) in [6.07, 6.45) is 0. The van der Waals surface area contributed by atoms with Crippen LogP contribution in [0.15, 0.2) is 34.8 Å². The molecule has 0 heterocycles. The molecule has 2 N–H and O–H groups in total. The lowest BCUT2D eigenvalue weighted by Gasteiger charge is -2.10. The first-order valence-corrected chi connectivity index (χ1v) is 7.15. The maximum absolute atomic E-state index is 13.1. The van der Waals surface area contributed by atoms with E-state index >= 15 is 0 Å². The Labute approximate surface area is 131 Å². The number of halogens is 2. The summed E-state index contributed by atoms with van der Waals surface area (Å²) in [6.45, 7) is 3.79. The number of carbonyl (C=O) groups is 1. The van der Waals surface area contributed by atoms with Gasteiger partial charge in [0.2, 0.25) is 0 Å². The summed E-state index contributed by atoms with van der Waals surface area (Å²) in [5.74, 6) is -0.799. The number of ether oxygens (including phenoxy) is 1. The van der Waals surface area contributed by atoms with Gasteiger partial charge >= 0.3 is 5.97 Å². The van der Waals surface area contributed by atoms with Crippen molar-refractivity contribution in [3.63, 3.8) is 0 Å². The molecule has 0 saturated carbocycles. The molecule has 0 spiro atoms. The van der Waals surface area contributed by atoms with Crippen LogP contribution in [0.25, 0.3) is 0 Å². The van der Waals surface area contributed by atoms with Crippen LogP contribution in [0.4, 0.5) is 10.1 Å². The van der Waals surface area contributed by atoms with E-state index in [0.717, 1.165) is 11.1 Å². The first kappa shape index (κ1) is 15.5. The molecule has 0 aliphatic carbocycles. The third-order valence-electron chi connectivity index (χ3n) is 3.19. The van der Waals surface area contributed by atoms with E-state index in [1.54, 1.807) is 18.2 Å². The van der Waals surface area contributed by atoms with Gasteiger partial charge in [0.25, 0.3) is 0 Å². The normalized spacial score (nSPS) is 10.5. The van der Waals surface area contributed by atoms with Gasteiger partial charge in [0.1, 0.15) is 12.4 Å². The molecule has 0 radical (unpaired) electrons. The van der Waals surface area contributed by atoms with Crippen LogP contribution in [0, 0.1) is 19.7 Å². The van der Waals surface area contributed by atoms with Crippen molar-refractivity contribution in [2.45, 2.75) is 20.5 Å². The predicted molar refractivity (Wildman–Crippen MR) is 83.5 cm³/mol. The van der Waals surface area contributed by atoms with Crippen LogP contribution >= 0.6 is 15.9 Å². The molecule has 0 fully saturated rings. The van der Waals surface area contributed by atoms with Gasteiger partial charge in [-0.05, 0) is 64.7 Å². The zero-order valence-corrected chi connectivity index (χ0v) is 13.3. The number of esters is 1. The summed E-state index contributed by atoms with van der Waals surface area (Å²) in [5.41, 5.74) is 9.25. The number of hydrogen-bond acceptors (Lipinski definition) is 3. The van der Waals surface area contributed by atoms with Crippen molar-refractivity contribution in [2.75, 3.05) is 5.73 Å². The van der Waals surface area contributed by atoms with E-state index in [1.807, 2.05) is 19.9 Å². The van der Waals surface area contributed by atoms with Crippen molar-refractivity contribution in [2.24, 2.45) is 0 Å². The zero-order chi connectivity index (χ0) is 15.6. The third kappa shape index (κ3) is 3.61. The highest BCUT2D eigenvalue weighted by molar-refractivity contribution is 9.10. The summed E-state index contributed by atoms with van der Waals surface area (Å²) in [7, 11) is 0. The Hall–Kier alpha value is -1.88. The van der Waals surface area contributed by atoms with E-state index in [-0.39, 0.29) is 12.4 Å². The van der Waals surface area contributed by atoms with Gasteiger partial charge in [-0.3, -0.25) is 0 Å². The molecular formula is C16H15BrFNO2. The molecule has 0 amide bonds. The zero-order valence-electron chi connectivity index (χ0n) is 11.7. The molecule has 0 aliphatic heterocycles. The van der Waals surface area contributed by atoms with Gasteiger partial charge in [-0.1, -0.05) is 12.1 Å². The molecule has 0 aliphatic rings. The molecular weight excluding hydrogens is 337 g/mol. The van der Waals surface area contributed by atoms with Gasteiger partial charge in [0.15, 0.2) is 0 Å². The van der Waals surface area contributed by atoms with Crippen LogP contribution in [-0.4, -0.2) is 5.97 Å². The van der Waals surface area contributed by atoms with Gasteiger partial charge < -0.3 is 10.5 Å². The quantitative estimate of drug-likeness (QED) is 0.667. The van der Waals surface area contributed by atoms with Gasteiger partial charge in [0, 0.05) is 5.69 Å². The van der Waals surface area contributed by atoms with E-state index in [2.05, 4.69) is 15.9 Å². The number of carbonyl (C=O) groups excluding carboxylic acids is 1. The number of hydrogen-bond donors (Lipinski definition) is 1. The molecule has 2 rings (SSSR count). The Kier molecular flexibility index (Phi) is 4.63. The lowest BCUT2D eigenvalue weighted by atomic mass is 10.0. The smallest absolute Gasteiger partial charge is 0.338 e. The number of nitrogens with two attached hydrogens (primary N) is 1. The van der Waals surface area contributed by atoms with Crippen molar-refractivity contribution in [3.8, 4) is 0 Å². The minimum Gasteiger partial charge on any atom is -0.457 e. The highest BCUT2D eigenvalue weighted by Gasteiger charge is 2.13. The highest BCUT2D eigenvalue weighted by Crippen LogP contribution is 2.20. The molecule has 5 heteroatoms. The van der Waals surface area contributed by atoms with Crippen LogP contribution in [0.2, 0.25) is 0 Å². The van der Waals surface area contributed by atoms with Crippen LogP contribution in [-0.2, 0) is 11.3 Å². The van der Waals surface area contributed by atoms with E-state index in [4.69, 9.17) is 10.5 Å². The molecule has 0 aromatic heterocycles. The maximum Gasteiger partial charge on any atom is 0.338 e. The van der Waals surface area contributed by atoms with Gasteiger partial charge in [-0.2, -0.15) is 0 Å². The minimum absolute atomic E-state index is 0.0743. The molecule has 0 saturated heterocycles. The number of nitrogen functional groups attached to an aromatic ring is 1. The fourth-order valence-corrected chi connectivity index (χ4v) is 2.37. The number of aryl methyl sites for hydroxylation is 2. The van der Waals surface area contributed by atoms with Crippen molar-refractivity contribution < 1.29 is 13.9 Å². The number of benzene rings is 2. The Morgan fingerprint density at radius 1 is 1.24 bits per heavy atom. The summed E-state index contributed by atoms with van der Waals surface area (Å²) in [4.78, 5) is 12.1. The van der Waals surface area contributed by atoms with Crippen LogP contribution < -0.4 is 5.73 Å². The maximum atomic E-state index is 13.1. The highest BCUT2D eigenvalue weighted by atomic mass is 79.9. The van der Waals surface area contributed by atoms with Crippen LogP contribution in [0.1, 0.15) is 27.0 Å². The second kappa shape index (κ2) is 6.26. The fraction of sp³-hybridized carbons (Fsp3) is 0.188.